The molecule has 0 amide bonds. The first kappa shape index (κ1) is 12.4. The molecular weight excluding hydrogens is 218 g/mol. The molecule has 0 bridgehead atoms. The van der Waals surface area contributed by atoms with Crippen molar-refractivity contribution in [2.75, 3.05) is 18.8 Å². The highest BCUT2D eigenvalue weighted by Crippen LogP contribution is 2.18. The Hall–Kier alpha value is -0.620. The van der Waals surface area contributed by atoms with Crippen molar-refractivity contribution in [3.63, 3.8) is 0 Å². The van der Waals surface area contributed by atoms with E-state index in [4.69, 9.17) is 5.11 Å². The average Bonchev–Trinajstić information content (AvgIpc) is 2.44. The molecule has 6 heteroatoms. The summed E-state index contributed by atoms with van der Waals surface area (Å²) in [6, 6.07) is 0. The highest BCUT2D eigenvalue weighted by molar-refractivity contribution is 7.89. The quantitative estimate of drug-likeness (QED) is 0.754. The van der Waals surface area contributed by atoms with Crippen molar-refractivity contribution in [3.8, 4) is 0 Å². The zero-order chi connectivity index (χ0) is 11.5. The molecule has 1 fully saturated rings. The van der Waals surface area contributed by atoms with Crippen LogP contribution in [-0.2, 0) is 14.8 Å². The molecule has 1 aliphatic rings. The summed E-state index contributed by atoms with van der Waals surface area (Å²) in [5, 5.41) is 8.65. The van der Waals surface area contributed by atoms with E-state index in [0.717, 1.165) is 0 Å². The molecule has 0 aromatic carbocycles. The molecule has 1 atom stereocenters. The Labute approximate surface area is 90.1 Å². The highest BCUT2D eigenvalue weighted by Gasteiger charge is 2.30. The van der Waals surface area contributed by atoms with Crippen molar-refractivity contribution in [2.45, 2.75) is 26.2 Å². The molecule has 0 saturated carbocycles. The van der Waals surface area contributed by atoms with Crippen LogP contribution in [0.3, 0.4) is 0 Å². The molecule has 1 aliphatic heterocycles. The van der Waals surface area contributed by atoms with Crippen LogP contribution < -0.4 is 0 Å². The van der Waals surface area contributed by atoms with E-state index in [1.807, 2.05) is 6.92 Å². The van der Waals surface area contributed by atoms with Gasteiger partial charge in [0.2, 0.25) is 10.0 Å². The van der Waals surface area contributed by atoms with E-state index in [1.165, 1.54) is 4.31 Å². The van der Waals surface area contributed by atoms with Crippen molar-refractivity contribution in [3.05, 3.63) is 0 Å². The molecule has 15 heavy (non-hydrogen) atoms. The fraction of sp³-hybridized carbons (Fsp3) is 0.889. The van der Waals surface area contributed by atoms with Gasteiger partial charge in [0, 0.05) is 19.5 Å². The van der Waals surface area contributed by atoms with E-state index < -0.39 is 16.0 Å². The van der Waals surface area contributed by atoms with Crippen LogP contribution in [0.2, 0.25) is 0 Å². The molecule has 1 unspecified atom stereocenters. The minimum absolute atomic E-state index is 0.0442. The number of carboxylic acids is 1. The van der Waals surface area contributed by atoms with Crippen molar-refractivity contribution >= 4 is 16.0 Å². The van der Waals surface area contributed by atoms with Gasteiger partial charge in [0.1, 0.15) is 0 Å². The number of hydrogen-bond donors (Lipinski definition) is 1. The lowest BCUT2D eigenvalue weighted by molar-refractivity contribution is -0.138. The first-order chi connectivity index (χ1) is 6.95. The van der Waals surface area contributed by atoms with Crippen LogP contribution in [-0.4, -0.2) is 42.6 Å². The lowest BCUT2D eigenvalue weighted by atomic mass is 10.0. The van der Waals surface area contributed by atoms with Gasteiger partial charge in [-0.1, -0.05) is 13.3 Å². The number of sulfonamides is 1. The first-order valence-electron chi connectivity index (χ1n) is 5.15. The van der Waals surface area contributed by atoms with Crippen molar-refractivity contribution in [1.29, 1.82) is 0 Å². The molecular formula is C9H17NO4S. The SMILES string of the molecule is CCC(CC(=O)O)CN1CCCS1(=O)=O. The number of rotatable bonds is 5. The largest absolute Gasteiger partial charge is 0.481 e. The van der Waals surface area contributed by atoms with Crippen LogP contribution in [0, 0.1) is 5.92 Å². The molecule has 0 aromatic heterocycles. The number of hydrogen-bond acceptors (Lipinski definition) is 3. The lowest BCUT2D eigenvalue weighted by Gasteiger charge is -2.20. The van der Waals surface area contributed by atoms with Gasteiger partial charge in [0.15, 0.2) is 0 Å². The monoisotopic (exact) mass is 235 g/mol. The van der Waals surface area contributed by atoms with Crippen molar-refractivity contribution in [1.82, 2.24) is 4.31 Å². The highest BCUT2D eigenvalue weighted by atomic mass is 32.2. The topological polar surface area (TPSA) is 74.7 Å². The Kier molecular flexibility index (Phi) is 4.10. The summed E-state index contributed by atoms with van der Waals surface area (Å²) >= 11 is 0. The standard InChI is InChI=1S/C9H17NO4S/c1-2-8(6-9(11)12)7-10-4-3-5-15(10,13)14/h8H,2-7H2,1H3,(H,11,12). The van der Waals surface area contributed by atoms with Crippen LogP contribution in [0.1, 0.15) is 26.2 Å². The third kappa shape index (κ3) is 3.46. The molecule has 1 N–H and O–H groups in total. The predicted octanol–water partition coefficient (Wildman–Crippen LogP) is 0.523. The number of carboxylic acid groups (broad SMARTS) is 1. The molecule has 1 saturated heterocycles. The fourth-order valence-electron chi connectivity index (χ4n) is 1.77. The van der Waals surface area contributed by atoms with E-state index in [9.17, 15) is 13.2 Å². The van der Waals surface area contributed by atoms with Crippen LogP contribution in [0.25, 0.3) is 0 Å². The second-order valence-corrected chi connectivity index (χ2v) is 5.99. The summed E-state index contributed by atoms with van der Waals surface area (Å²) in [6.07, 6.45) is 1.40. The van der Waals surface area contributed by atoms with Crippen LogP contribution in [0.15, 0.2) is 0 Å². The Morgan fingerprint density at radius 2 is 2.20 bits per heavy atom. The van der Waals surface area contributed by atoms with Gasteiger partial charge in [-0.2, -0.15) is 0 Å². The van der Waals surface area contributed by atoms with E-state index in [-0.39, 0.29) is 18.1 Å². The zero-order valence-electron chi connectivity index (χ0n) is 8.85. The van der Waals surface area contributed by atoms with Gasteiger partial charge in [-0.15, -0.1) is 0 Å². The Bertz CT molecular complexity index is 325. The third-order valence-electron chi connectivity index (χ3n) is 2.71. The maximum Gasteiger partial charge on any atom is 0.303 e. The second-order valence-electron chi connectivity index (χ2n) is 3.90. The third-order valence-corrected chi connectivity index (χ3v) is 4.63. The van der Waals surface area contributed by atoms with Crippen molar-refractivity contribution < 1.29 is 18.3 Å². The van der Waals surface area contributed by atoms with Gasteiger partial charge in [-0.3, -0.25) is 4.79 Å². The van der Waals surface area contributed by atoms with E-state index in [0.29, 0.717) is 25.9 Å². The Morgan fingerprint density at radius 3 is 2.60 bits per heavy atom. The second kappa shape index (κ2) is 4.94. The van der Waals surface area contributed by atoms with Gasteiger partial charge in [0.25, 0.3) is 0 Å². The summed E-state index contributed by atoms with van der Waals surface area (Å²) in [4.78, 5) is 10.5. The minimum Gasteiger partial charge on any atom is -0.481 e. The minimum atomic E-state index is -3.09. The molecule has 1 heterocycles. The summed E-state index contributed by atoms with van der Waals surface area (Å²) in [7, 11) is -3.09. The van der Waals surface area contributed by atoms with Gasteiger partial charge in [-0.05, 0) is 12.3 Å². The molecule has 0 aliphatic carbocycles. The maximum atomic E-state index is 11.5. The van der Waals surface area contributed by atoms with Crippen LogP contribution in [0.5, 0.6) is 0 Å². The lowest BCUT2D eigenvalue weighted by Crippen LogP contribution is -2.32. The fourth-order valence-corrected chi connectivity index (χ4v) is 3.37. The van der Waals surface area contributed by atoms with Gasteiger partial charge < -0.3 is 5.11 Å². The Balaban J connectivity index is 2.55. The normalized spacial score (nSPS) is 22.7. The van der Waals surface area contributed by atoms with E-state index in [1.54, 1.807) is 0 Å². The molecule has 0 radical (unpaired) electrons. The van der Waals surface area contributed by atoms with Gasteiger partial charge in [0.05, 0.1) is 5.75 Å². The molecule has 5 nitrogen and oxygen atoms in total. The number of nitrogens with zero attached hydrogens (tertiary/aromatic N) is 1. The number of carbonyl (C=O) groups is 1. The zero-order valence-corrected chi connectivity index (χ0v) is 9.66. The molecule has 0 aromatic rings. The first-order valence-corrected chi connectivity index (χ1v) is 6.76. The van der Waals surface area contributed by atoms with E-state index in [2.05, 4.69) is 0 Å². The summed E-state index contributed by atoms with van der Waals surface area (Å²) in [6.45, 7) is 2.78. The molecule has 1 rings (SSSR count). The molecule has 88 valence electrons. The van der Waals surface area contributed by atoms with Crippen molar-refractivity contribution in [2.24, 2.45) is 5.92 Å². The summed E-state index contributed by atoms with van der Waals surface area (Å²) in [5.41, 5.74) is 0. The van der Waals surface area contributed by atoms with Gasteiger partial charge in [-0.25, -0.2) is 12.7 Å². The summed E-state index contributed by atoms with van der Waals surface area (Å²) < 4.78 is 24.4. The Morgan fingerprint density at radius 1 is 1.53 bits per heavy atom. The van der Waals surface area contributed by atoms with Crippen LogP contribution in [0.4, 0.5) is 0 Å². The molecule has 0 spiro atoms. The van der Waals surface area contributed by atoms with Gasteiger partial charge >= 0.3 is 5.97 Å². The van der Waals surface area contributed by atoms with Crippen LogP contribution >= 0.6 is 0 Å². The average molecular weight is 235 g/mol. The smallest absolute Gasteiger partial charge is 0.303 e. The van der Waals surface area contributed by atoms with E-state index >= 15 is 0 Å². The predicted molar refractivity (Wildman–Crippen MR) is 56.0 cm³/mol. The number of aliphatic carboxylic acids is 1. The summed E-state index contributed by atoms with van der Waals surface area (Å²) in [5.74, 6) is -0.731. The maximum absolute atomic E-state index is 11.5.